The molecule has 0 radical (unpaired) electrons. The number of rotatable bonds is 4. The summed E-state index contributed by atoms with van der Waals surface area (Å²) in [6.07, 6.45) is 6.95. The highest BCUT2D eigenvalue weighted by Crippen LogP contribution is 2.20. The fourth-order valence-corrected chi connectivity index (χ4v) is 2.95. The number of likely N-dealkylation sites (tertiary alicyclic amines) is 1. The summed E-state index contributed by atoms with van der Waals surface area (Å²) in [7, 11) is 0. The Kier molecular flexibility index (Phi) is 5.44. The number of hydrogen-bond acceptors (Lipinski definition) is 2. The SMILES string of the molecule is CCNC(=NCCn1ccnc1)N1CC(C)CC(C)C1. The Morgan fingerprint density at radius 2 is 2.10 bits per heavy atom. The average molecular weight is 277 g/mol. The van der Waals surface area contributed by atoms with Crippen molar-refractivity contribution in [3.05, 3.63) is 18.7 Å². The zero-order valence-electron chi connectivity index (χ0n) is 12.9. The largest absolute Gasteiger partial charge is 0.357 e. The minimum Gasteiger partial charge on any atom is -0.357 e. The van der Waals surface area contributed by atoms with Gasteiger partial charge in [-0.05, 0) is 25.2 Å². The lowest BCUT2D eigenvalue weighted by molar-refractivity contribution is 0.208. The number of aliphatic imine (C=N–C) groups is 1. The summed E-state index contributed by atoms with van der Waals surface area (Å²) in [5.41, 5.74) is 0. The second-order valence-electron chi connectivity index (χ2n) is 5.89. The Morgan fingerprint density at radius 3 is 2.70 bits per heavy atom. The van der Waals surface area contributed by atoms with Gasteiger partial charge in [0.15, 0.2) is 5.96 Å². The molecule has 1 fully saturated rings. The Morgan fingerprint density at radius 1 is 1.35 bits per heavy atom. The first kappa shape index (κ1) is 14.9. The Balaban J connectivity index is 1.94. The third-order valence-corrected chi connectivity index (χ3v) is 3.68. The van der Waals surface area contributed by atoms with E-state index in [1.807, 2.05) is 18.7 Å². The van der Waals surface area contributed by atoms with Crippen molar-refractivity contribution >= 4 is 5.96 Å². The van der Waals surface area contributed by atoms with Crippen LogP contribution in [0.5, 0.6) is 0 Å². The van der Waals surface area contributed by atoms with Crippen molar-refractivity contribution in [3.8, 4) is 0 Å². The second kappa shape index (κ2) is 7.31. The van der Waals surface area contributed by atoms with Crippen molar-refractivity contribution in [2.75, 3.05) is 26.2 Å². The quantitative estimate of drug-likeness (QED) is 0.674. The van der Waals surface area contributed by atoms with Gasteiger partial charge < -0.3 is 14.8 Å². The number of aromatic nitrogens is 2. The molecule has 0 aliphatic carbocycles. The monoisotopic (exact) mass is 277 g/mol. The summed E-state index contributed by atoms with van der Waals surface area (Å²) in [6, 6.07) is 0. The van der Waals surface area contributed by atoms with Crippen LogP contribution in [-0.4, -0.2) is 46.6 Å². The van der Waals surface area contributed by atoms with E-state index in [0.717, 1.165) is 50.5 Å². The molecular weight excluding hydrogens is 250 g/mol. The molecule has 5 nitrogen and oxygen atoms in total. The van der Waals surface area contributed by atoms with E-state index in [4.69, 9.17) is 4.99 Å². The minimum absolute atomic E-state index is 0.747. The number of piperidine rings is 1. The molecule has 0 spiro atoms. The molecule has 5 heteroatoms. The van der Waals surface area contributed by atoms with E-state index in [2.05, 4.69) is 40.5 Å². The van der Waals surface area contributed by atoms with Crippen LogP contribution in [0.2, 0.25) is 0 Å². The van der Waals surface area contributed by atoms with Crippen molar-refractivity contribution in [1.29, 1.82) is 0 Å². The molecule has 2 atom stereocenters. The maximum absolute atomic E-state index is 4.76. The molecule has 1 aliphatic heterocycles. The maximum atomic E-state index is 4.76. The molecule has 112 valence electrons. The van der Waals surface area contributed by atoms with Crippen molar-refractivity contribution in [2.45, 2.75) is 33.7 Å². The van der Waals surface area contributed by atoms with Gasteiger partial charge in [-0.25, -0.2) is 4.98 Å². The first-order valence-electron chi connectivity index (χ1n) is 7.68. The molecule has 0 aromatic carbocycles. The zero-order chi connectivity index (χ0) is 14.4. The van der Waals surface area contributed by atoms with Gasteiger partial charge in [-0.1, -0.05) is 13.8 Å². The highest BCUT2D eigenvalue weighted by Gasteiger charge is 2.23. The first-order chi connectivity index (χ1) is 9.69. The van der Waals surface area contributed by atoms with E-state index in [-0.39, 0.29) is 0 Å². The van der Waals surface area contributed by atoms with Gasteiger partial charge in [-0.15, -0.1) is 0 Å². The van der Waals surface area contributed by atoms with Crippen LogP contribution in [-0.2, 0) is 6.54 Å². The molecule has 20 heavy (non-hydrogen) atoms. The lowest BCUT2D eigenvalue weighted by Gasteiger charge is -2.37. The molecule has 1 N–H and O–H groups in total. The van der Waals surface area contributed by atoms with Gasteiger partial charge in [0.2, 0.25) is 0 Å². The molecular formula is C15H27N5. The van der Waals surface area contributed by atoms with E-state index in [0.29, 0.717) is 0 Å². The molecule has 2 unspecified atom stereocenters. The lowest BCUT2D eigenvalue weighted by Crippen LogP contribution is -2.48. The molecule has 1 aromatic heterocycles. The van der Waals surface area contributed by atoms with Crippen LogP contribution in [0.4, 0.5) is 0 Å². The van der Waals surface area contributed by atoms with Gasteiger partial charge in [0.25, 0.3) is 0 Å². The van der Waals surface area contributed by atoms with E-state index in [1.54, 1.807) is 0 Å². The van der Waals surface area contributed by atoms with Crippen LogP contribution in [0.1, 0.15) is 27.2 Å². The van der Waals surface area contributed by atoms with E-state index in [9.17, 15) is 0 Å². The summed E-state index contributed by atoms with van der Waals surface area (Å²) in [5, 5.41) is 3.42. The predicted molar refractivity (Wildman–Crippen MR) is 82.7 cm³/mol. The van der Waals surface area contributed by atoms with Crippen molar-refractivity contribution < 1.29 is 0 Å². The van der Waals surface area contributed by atoms with Gasteiger partial charge in [-0.3, -0.25) is 4.99 Å². The van der Waals surface area contributed by atoms with Crippen LogP contribution < -0.4 is 5.32 Å². The minimum atomic E-state index is 0.747. The van der Waals surface area contributed by atoms with Crippen LogP contribution in [0, 0.1) is 11.8 Å². The third kappa shape index (κ3) is 4.25. The Labute approximate surface area is 122 Å². The van der Waals surface area contributed by atoms with E-state index < -0.39 is 0 Å². The molecule has 1 saturated heterocycles. The number of nitrogens with zero attached hydrogens (tertiary/aromatic N) is 4. The molecule has 0 bridgehead atoms. The number of nitrogens with one attached hydrogen (secondary N) is 1. The normalized spacial score (nSPS) is 23.9. The van der Waals surface area contributed by atoms with Crippen LogP contribution in [0.15, 0.2) is 23.7 Å². The fraction of sp³-hybridized carbons (Fsp3) is 0.733. The van der Waals surface area contributed by atoms with Gasteiger partial charge >= 0.3 is 0 Å². The van der Waals surface area contributed by atoms with Crippen LogP contribution >= 0.6 is 0 Å². The second-order valence-corrected chi connectivity index (χ2v) is 5.89. The van der Waals surface area contributed by atoms with E-state index in [1.165, 1.54) is 6.42 Å². The maximum Gasteiger partial charge on any atom is 0.193 e. The summed E-state index contributed by atoms with van der Waals surface area (Å²) >= 11 is 0. The van der Waals surface area contributed by atoms with Gasteiger partial charge in [0, 0.05) is 38.6 Å². The number of imidazole rings is 1. The Hall–Kier alpha value is -1.52. The summed E-state index contributed by atoms with van der Waals surface area (Å²) < 4.78 is 2.06. The smallest absolute Gasteiger partial charge is 0.193 e. The highest BCUT2D eigenvalue weighted by atomic mass is 15.3. The topological polar surface area (TPSA) is 45.5 Å². The lowest BCUT2D eigenvalue weighted by atomic mass is 9.92. The molecule has 1 aliphatic rings. The van der Waals surface area contributed by atoms with Gasteiger partial charge in [0.1, 0.15) is 0 Å². The van der Waals surface area contributed by atoms with Crippen LogP contribution in [0.25, 0.3) is 0 Å². The van der Waals surface area contributed by atoms with Crippen molar-refractivity contribution in [3.63, 3.8) is 0 Å². The number of guanidine groups is 1. The van der Waals surface area contributed by atoms with Gasteiger partial charge in [-0.2, -0.15) is 0 Å². The first-order valence-corrected chi connectivity index (χ1v) is 7.68. The molecule has 2 heterocycles. The average Bonchev–Trinajstić information content (AvgIpc) is 2.89. The fourth-order valence-electron chi connectivity index (χ4n) is 2.95. The summed E-state index contributed by atoms with van der Waals surface area (Å²) in [6.45, 7) is 11.6. The van der Waals surface area contributed by atoms with Crippen LogP contribution in [0.3, 0.4) is 0 Å². The summed E-state index contributed by atoms with van der Waals surface area (Å²) in [4.78, 5) is 11.2. The molecule has 2 rings (SSSR count). The summed E-state index contributed by atoms with van der Waals surface area (Å²) in [5.74, 6) is 2.55. The van der Waals surface area contributed by atoms with Crippen molar-refractivity contribution in [1.82, 2.24) is 19.8 Å². The molecule has 1 aromatic rings. The standard InChI is InChI=1S/C15H27N5/c1-4-17-15(18-6-8-19-7-5-16-12-19)20-10-13(2)9-14(3)11-20/h5,7,12-14H,4,6,8-11H2,1-3H3,(H,17,18). The van der Waals surface area contributed by atoms with Gasteiger partial charge in [0.05, 0.1) is 12.9 Å². The van der Waals surface area contributed by atoms with E-state index >= 15 is 0 Å². The highest BCUT2D eigenvalue weighted by molar-refractivity contribution is 5.80. The third-order valence-electron chi connectivity index (χ3n) is 3.68. The zero-order valence-corrected chi connectivity index (χ0v) is 12.9. The Bertz CT molecular complexity index is 402. The van der Waals surface area contributed by atoms with Crippen molar-refractivity contribution in [2.24, 2.45) is 16.8 Å². The molecule has 0 saturated carbocycles. The molecule has 0 amide bonds. The number of hydrogen-bond donors (Lipinski definition) is 1. The predicted octanol–water partition coefficient (Wildman–Crippen LogP) is 1.83.